The Hall–Kier alpha value is -1.94. The molecular formula is C27H41O6P. The van der Waals surface area contributed by atoms with Crippen molar-refractivity contribution in [3.63, 3.8) is 0 Å². The molecule has 7 heteroatoms. The molecule has 0 spiro atoms. The first-order valence-corrected chi connectivity index (χ1v) is 13.5. The third-order valence-corrected chi connectivity index (χ3v) is 8.27. The van der Waals surface area contributed by atoms with Crippen LogP contribution in [0.15, 0.2) is 18.2 Å². The van der Waals surface area contributed by atoms with Crippen molar-refractivity contribution in [1.82, 2.24) is 0 Å². The summed E-state index contributed by atoms with van der Waals surface area (Å²) in [5.41, 5.74) is -0.852. The molecule has 1 aromatic rings. The molecule has 0 saturated heterocycles. The van der Waals surface area contributed by atoms with E-state index in [9.17, 15) is 14.2 Å². The number of methoxy groups -OCH3 is 2. The van der Waals surface area contributed by atoms with E-state index in [-0.39, 0.29) is 12.4 Å². The topological polar surface area (TPSA) is 78.9 Å². The van der Waals surface area contributed by atoms with Crippen LogP contribution in [0.2, 0.25) is 0 Å². The van der Waals surface area contributed by atoms with Crippen molar-refractivity contribution in [2.24, 2.45) is 5.41 Å². The summed E-state index contributed by atoms with van der Waals surface area (Å²) < 4.78 is 29.1. The molecule has 0 N–H and O–H groups in total. The van der Waals surface area contributed by atoms with Gasteiger partial charge in [0.15, 0.2) is 19.4 Å². The minimum atomic E-state index is -1.48. The average molecular weight is 493 g/mol. The molecule has 190 valence electrons. The van der Waals surface area contributed by atoms with E-state index in [1.807, 2.05) is 0 Å². The molecular weight excluding hydrogens is 451 g/mol. The molecule has 1 unspecified atom stereocenters. The number of hydrogen-bond donors (Lipinski definition) is 0. The zero-order chi connectivity index (χ0) is 25.0. The number of carbonyl (C=O) groups excluding carboxylic acids is 2. The summed E-state index contributed by atoms with van der Waals surface area (Å²) in [7, 11) is 2.58. The predicted octanol–water partition coefficient (Wildman–Crippen LogP) is 7.18. The first kappa shape index (κ1) is 28.3. The lowest BCUT2D eigenvalue weighted by atomic mass is 9.68. The van der Waals surface area contributed by atoms with Gasteiger partial charge in [-0.15, -0.1) is 0 Å². The summed E-state index contributed by atoms with van der Waals surface area (Å²) in [5, 5.41) is -1.48. The molecule has 0 amide bonds. The standard InChI is InChI=1S/C27H41O6P/c1-5-6-7-8-9-10-11-14-20-33-25(29)26(2,34-30)27(18-12-13-19-27)24(28)23-21(31-3)16-15-17-22(23)32-4/h15-17H,5-14,18-20H2,1-4H3. The van der Waals surface area contributed by atoms with Crippen molar-refractivity contribution in [2.45, 2.75) is 96.1 Å². The Balaban J connectivity index is 2.14. The monoisotopic (exact) mass is 492 g/mol. The maximum atomic E-state index is 14.1. The van der Waals surface area contributed by atoms with Gasteiger partial charge in [-0.25, -0.2) is 0 Å². The van der Waals surface area contributed by atoms with Crippen LogP contribution in [0, 0.1) is 5.41 Å². The number of Topliss-reactive ketones (excluding diaryl/α,β-unsaturated/α-hetero) is 1. The molecule has 1 fully saturated rings. The van der Waals surface area contributed by atoms with Crippen LogP contribution in [0.5, 0.6) is 11.5 Å². The highest BCUT2D eigenvalue weighted by Gasteiger charge is 2.61. The Morgan fingerprint density at radius 2 is 1.47 bits per heavy atom. The van der Waals surface area contributed by atoms with Gasteiger partial charge in [0, 0.05) is 0 Å². The maximum Gasteiger partial charge on any atom is 0.324 e. The summed E-state index contributed by atoms with van der Waals surface area (Å²) >= 11 is 0. The molecule has 6 nitrogen and oxygen atoms in total. The third kappa shape index (κ3) is 6.19. The van der Waals surface area contributed by atoms with Gasteiger partial charge >= 0.3 is 5.97 Å². The van der Waals surface area contributed by atoms with Crippen LogP contribution in [0.4, 0.5) is 0 Å². The van der Waals surface area contributed by atoms with E-state index >= 15 is 0 Å². The van der Waals surface area contributed by atoms with Crippen LogP contribution in [0.1, 0.15) is 101 Å². The number of unbranched alkanes of at least 4 members (excludes halogenated alkanes) is 7. The van der Waals surface area contributed by atoms with Gasteiger partial charge in [-0.1, -0.05) is 70.8 Å². The molecule has 0 aliphatic heterocycles. The Labute approximate surface area is 206 Å². The first-order chi connectivity index (χ1) is 16.4. The van der Waals surface area contributed by atoms with Crippen molar-refractivity contribution in [1.29, 1.82) is 0 Å². The summed E-state index contributed by atoms with van der Waals surface area (Å²) in [6.45, 7) is 4.09. The van der Waals surface area contributed by atoms with Gasteiger partial charge in [-0.2, -0.15) is 0 Å². The number of rotatable bonds is 16. The van der Waals surface area contributed by atoms with Gasteiger partial charge in [-0.05, 0) is 38.3 Å². The third-order valence-electron chi connectivity index (χ3n) is 7.29. The number of benzene rings is 1. The molecule has 1 aromatic carbocycles. The number of esters is 1. The van der Waals surface area contributed by atoms with E-state index in [0.29, 0.717) is 29.9 Å². The Morgan fingerprint density at radius 1 is 0.941 bits per heavy atom. The zero-order valence-electron chi connectivity index (χ0n) is 21.3. The molecule has 1 aliphatic carbocycles. The van der Waals surface area contributed by atoms with E-state index in [1.54, 1.807) is 25.1 Å². The van der Waals surface area contributed by atoms with Crippen LogP contribution in [0.3, 0.4) is 0 Å². The first-order valence-electron chi connectivity index (χ1n) is 12.7. The van der Waals surface area contributed by atoms with Crippen LogP contribution >= 0.6 is 8.46 Å². The zero-order valence-corrected chi connectivity index (χ0v) is 22.2. The molecule has 0 heterocycles. The van der Waals surface area contributed by atoms with Gasteiger partial charge in [0.05, 0.1) is 26.2 Å². The second-order valence-corrected chi connectivity index (χ2v) is 10.5. The van der Waals surface area contributed by atoms with Crippen molar-refractivity contribution in [3.05, 3.63) is 23.8 Å². The van der Waals surface area contributed by atoms with Crippen molar-refractivity contribution in [2.75, 3.05) is 20.8 Å². The van der Waals surface area contributed by atoms with Crippen LogP contribution in [-0.4, -0.2) is 37.7 Å². The Morgan fingerprint density at radius 3 is 1.97 bits per heavy atom. The fourth-order valence-corrected chi connectivity index (χ4v) is 5.73. The molecule has 0 radical (unpaired) electrons. The van der Waals surface area contributed by atoms with E-state index < -0.39 is 25.0 Å². The summed E-state index contributed by atoms with van der Waals surface area (Å²) in [6, 6.07) is 5.15. The fraction of sp³-hybridized carbons (Fsp3) is 0.704. The van der Waals surface area contributed by atoms with Gasteiger partial charge in [-0.3, -0.25) is 14.2 Å². The summed E-state index contributed by atoms with van der Waals surface area (Å²) in [5.74, 6) is -0.0777. The average Bonchev–Trinajstić information content (AvgIpc) is 3.37. The quantitative estimate of drug-likeness (QED) is 0.105. The number of ketones is 1. The minimum absolute atomic E-state index is 0.269. The van der Waals surface area contributed by atoms with E-state index in [2.05, 4.69) is 6.92 Å². The molecule has 1 aliphatic rings. The normalized spacial score (nSPS) is 16.7. The molecule has 1 saturated carbocycles. The van der Waals surface area contributed by atoms with Gasteiger partial charge in [0.2, 0.25) is 0 Å². The Kier molecular flexibility index (Phi) is 11.5. The predicted molar refractivity (Wildman–Crippen MR) is 134 cm³/mol. The number of hydrogen-bond acceptors (Lipinski definition) is 6. The highest BCUT2D eigenvalue weighted by molar-refractivity contribution is 7.28. The van der Waals surface area contributed by atoms with Gasteiger partial charge in [0.25, 0.3) is 0 Å². The van der Waals surface area contributed by atoms with E-state index in [4.69, 9.17) is 14.2 Å². The maximum absolute atomic E-state index is 14.1. The van der Waals surface area contributed by atoms with Gasteiger partial charge in [0.1, 0.15) is 17.1 Å². The highest BCUT2D eigenvalue weighted by atomic mass is 31.1. The van der Waals surface area contributed by atoms with Crippen molar-refractivity contribution in [3.8, 4) is 11.5 Å². The largest absolute Gasteiger partial charge is 0.496 e. The van der Waals surface area contributed by atoms with E-state index in [1.165, 1.54) is 46.3 Å². The lowest BCUT2D eigenvalue weighted by molar-refractivity contribution is -0.149. The van der Waals surface area contributed by atoms with Crippen molar-refractivity contribution < 1.29 is 28.4 Å². The molecule has 1 atom stereocenters. The fourth-order valence-electron chi connectivity index (χ4n) is 5.09. The van der Waals surface area contributed by atoms with Crippen LogP contribution in [-0.2, 0) is 14.1 Å². The SMILES string of the molecule is CCCCCCCCCCOC(=O)C(C)(P=O)C1(C(=O)c2c(OC)cccc2OC)CCCC1. The van der Waals surface area contributed by atoms with Crippen molar-refractivity contribution >= 4 is 20.2 Å². The lowest BCUT2D eigenvalue weighted by Crippen LogP contribution is -2.52. The van der Waals surface area contributed by atoms with E-state index in [0.717, 1.165) is 32.1 Å². The highest BCUT2D eigenvalue weighted by Crippen LogP contribution is 2.56. The molecule has 2 rings (SSSR count). The van der Waals surface area contributed by atoms with Gasteiger partial charge < -0.3 is 14.2 Å². The Bertz CT molecular complexity index is 795. The smallest absolute Gasteiger partial charge is 0.324 e. The lowest BCUT2D eigenvalue weighted by Gasteiger charge is -2.39. The second kappa shape index (κ2) is 13.8. The van der Waals surface area contributed by atoms with Crippen LogP contribution in [0.25, 0.3) is 0 Å². The minimum Gasteiger partial charge on any atom is -0.496 e. The molecule has 0 aromatic heterocycles. The second-order valence-electron chi connectivity index (χ2n) is 9.43. The van der Waals surface area contributed by atoms with Crippen LogP contribution < -0.4 is 9.47 Å². The summed E-state index contributed by atoms with van der Waals surface area (Å²) in [6.07, 6.45) is 11.6. The number of ether oxygens (including phenoxy) is 3. The molecule has 0 bridgehead atoms. The summed E-state index contributed by atoms with van der Waals surface area (Å²) in [4.78, 5) is 27.3. The number of carbonyl (C=O) groups is 2. The molecule has 34 heavy (non-hydrogen) atoms.